The normalized spacial score (nSPS) is 10.6. The van der Waals surface area contributed by atoms with Gasteiger partial charge in [-0.05, 0) is 55.5 Å². The van der Waals surface area contributed by atoms with E-state index in [2.05, 4.69) is 25.8 Å². The van der Waals surface area contributed by atoms with Gasteiger partial charge in [0.05, 0.1) is 60.9 Å². The Kier molecular flexibility index (Phi) is 11.8. The molecule has 7 rings (SSSR count). The number of hydrogen-bond donors (Lipinski definition) is 3. The second-order valence-electron chi connectivity index (χ2n) is 11.5. The van der Waals surface area contributed by atoms with Crippen molar-refractivity contribution in [3.05, 3.63) is 107 Å². The van der Waals surface area contributed by atoms with E-state index in [1.807, 2.05) is 6.07 Å². The average Bonchev–Trinajstić information content (AvgIpc) is 3.60. The van der Waals surface area contributed by atoms with E-state index in [9.17, 15) is 4.79 Å². The molecule has 0 aliphatic carbocycles. The molecule has 0 atom stereocenters. The third-order valence-corrected chi connectivity index (χ3v) is 8.54. The third kappa shape index (κ3) is 8.95. The maximum atomic E-state index is 12.2. The van der Waals surface area contributed by atoms with Crippen LogP contribution in [0.4, 0.5) is 22.0 Å². The largest absolute Gasteiger partial charge is 0.493 e. The Morgan fingerprint density at radius 3 is 1.62 bits per heavy atom. The predicted octanol–water partition coefficient (Wildman–Crippen LogP) is 9.92. The molecule has 0 saturated heterocycles. The number of nitrogen functional groups attached to an aromatic ring is 1. The summed E-state index contributed by atoms with van der Waals surface area (Å²) < 4.78 is 38.2. The molecule has 0 bridgehead atoms. The molecule has 0 unspecified atom stereocenters. The van der Waals surface area contributed by atoms with Crippen LogP contribution in [-0.4, -0.2) is 49.6 Å². The molecule has 7 aromatic rings. The molecule has 0 aliphatic rings. The lowest BCUT2D eigenvalue weighted by atomic mass is 10.2. The predicted molar refractivity (Wildman–Crippen MR) is 211 cm³/mol. The summed E-state index contributed by atoms with van der Waals surface area (Å²) >= 11 is 12.4. The van der Waals surface area contributed by atoms with Gasteiger partial charge in [-0.1, -0.05) is 28.4 Å². The monoisotopic (exact) mass is 784 g/mol. The van der Waals surface area contributed by atoms with Crippen LogP contribution in [0.15, 0.2) is 95.8 Å². The minimum Gasteiger partial charge on any atom is -0.493 e. The summed E-state index contributed by atoms with van der Waals surface area (Å²) in [5.41, 5.74) is 8.05. The van der Waals surface area contributed by atoms with Crippen LogP contribution in [0.25, 0.3) is 21.8 Å². The number of urea groups is 1. The van der Waals surface area contributed by atoms with E-state index in [4.69, 9.17) is 61.9 Å². The molecule has 0 radical (unpaired) electrons. The van der Waals surface area contributed by atoms with E-state index < -0.39 is 6.03 Å². The molecule has 4 aromatic carbocycles. The van der Waals surface area contributed by atoms with Crippen molar-refractivity contribution in [2.45, 2.75) is 6.92 Å². The molecule has 55 heavy (non-hydrogen) atoms. The van der Waals surface area contributed by atoms with Crippen LogP contribution in [0, 0.1) is 6.92 Å². The molecule has 0 fully saturated rings. The molecule has 0 spiro atoms. The Morgan fingerprint density at radius 1 is 0.636 bits per heavy atom. The maximum absolute atomic E-state index is 12.2. The highest BCUT2D eigenvalue weighted by Crippen LogP contribution is 2.39. The van der Waals surface area contributed by atoms with E-state index in [1.54, 1.807) is 121 Å². The summed E-state index contributed by atoms with van der Waals surface area (Å²) in [4.78, 5) is 20.9. The molecule has 2 amide bonds. The first-order chi connectivity index (χ1) is 26.6. The van der Waals surface area contributed by atoms with Gasteiger partial charge in [0, 0.05) is 53.5 Å². The SMILES string of the molecule is COc1cc2nccc(Oc3ccc(N)c(Cl)c3)c2cc1OC.COc1cc2nccc(Oc3ccc(NC(=O)Nc4cc(C)on4)c(Cl)c3)c2cc1OC. The number of aryl methyl sites for hydroxylation is 1. The number of ether oxygens (including phenoxy) is 6. The van der Waals surface area contributed by atoms with Crippen molar-refractivity contribution >= 4 is 68.2 Å². The van der Waals surface area contributed by atoms with Gasteiger partial charge < -0.3 is 44.0 Å². The van der Waals surface area contributed by atoms with E-state index in [1.165, 1.54) is 0 Å². The first-order valence-corrected chi connectivity index (χ1v) is 17.1. The molecule has 3 aromatic heterocycles. The van der Waals surface area contributed by atoms with Crippen molar-refractivity contribution < 1.29 is 37.7 Å². The maximum Gasteiger partial charge on any atom is 0.324 e. The number of aromatic nitrogens is 3. The van der Waals surface area contributed by atoms with Gasteiger partial charge in [0.1, 0.15) is 28.8 Å². The number of halogens is 2. The van der Waals surface area contributed by atoms with Crippen molar-refractivity contribution in [1.82, 2.24) is 15.1 Å². The first kappa shape index (κ1) is 38.1. The fourth-order valence-corrected chi connectivity index (χ4v) is 5.64. The number of nitrogens with one attached hydrogen (secondary N) is 2. The Morgan fingerprint density at radius 2 is 1.15 bits per heavy atom. The number of carbonyl (C=O) groups is 1. The van der Waals surface area contributed by atoms with Crippen molar-refractivity contribution in [3.63, 3.8) is 0 Å². The van der Waals surface area contributed by atoms with Gasteiger partial charge in [-0.3, -0.25) is 15.3 Å². The van der Waals surface area contributed by atoms with Crippen LogP contribution in [0.2, 0.25) is 10.0 Å². The quantitative estimate of drug-likeness (QED) is 0.112. The van der Waals surface area contributed by atoms with E-state index in [-0.39, 0.29) is 0 Å². The van der Waals surface area contributed by atoms with Gasteiger partial charge in [-0.2, -0.15) is 0 Å². The van der Waals surface area contributed by atoms with Crippen molar-refractivity contribution in [2.24, 2.45) is 0 Å². The lowest BCUT2D eigenvalue weighted by Gasteiger charge is -2.13. The standard InChI is InChI=1S/C22H19ClN4O5.C17H15ClN2O3/c1-12-8-21(27-32-12)26-22(28)25-16-5-4-13(9-15(16)23)31-18-6-7-24-17-11-20(30-3)19(29-2)10-14(17)18;1-21-16-8-11-14(9-17(16)22-2)20-6-5-15(11)23-10-3-4-13(19)12(18)7-10/h4-11H,1-3H3,(H2,25,26,27,28);3-9H,19H2,1-2H3. The Balaban J connectivity index is 0.000000197. The topological polar surface area (TPSA) is 174 Å². The Bertz CT molecular complexity index is 2500. The number of nitrogens with zero attached hydrogens (tertiary/aromatic N) is 3. The summed E-state index contributed by atoms with van der Waals surface area (Å²) in [6, 6.07) is 21.9. The summed E-state index contributed by atoms with van der Waals surface area (Å²) in [5.74, 6) is 5.50. The second-order valence-corrected chi connectivity index (χ2v) is 12.3. The van der Waals surface area contributed by atoms with Crippen LogP contribution in [0.5, 0.6) is 46.0 Å². The van der Waals surface area contributed by atoms with Crippen LogP contribution in [0.1, 0.15) is 5.76 Å². The minimum atomic E-state index is -0.505. The van der Waals surface area contributed by atoms with Gasteiger partial charge in [0.25, 0.3) is 0 Å². The van der Waals surface area contributed by atoms with Crippen LogP contribution >= 0.6 is 23.2 Å². The van der Waals surface area contributed by atoms with Crippen LogP contribution < -0.4 is 44.8 Å². The summed E-state index contributed by atoms with van der Waals surface area (Å²) in [6.07, 6.45) is 3.31. The van der Waals surface area contributed by atoms with E-state index >= 15 is 0 Å². The number of fused-ring (bicyclic) bond motifs is 2. The molecule has 4 N–H and O–H groups in total. The van der Waals surface area contributed by atoms with Crippen molar-refractivity contribution in [3.8, 4) is 46.0 Å². The molecule has 3 heterocycles. The Labute approximate surface area is 325 Å². The lowest BCUT2D eigenvalue weighted by Crippen LogP contribution is -2.19. The van der Waals surface area contributed by atoms with Gasteiger partial charge in [-0.25, -0.2) is 4.79 Å². The second kappa shape index (κ2) is 17.0. The van der Waals surface area contributed by atoms with E-state index in [0.29, 0.717) is 84.5 Å². The molecular formula is C39H34Cl2N6O8. The number of methoxy groups -OCH3 is 4. The highest BCUT2D eigenvalue weighted by molar-refractivity contribution is 6.34. The van der Waals surface area contributed by atoms with Gasteiger partial charge in [0.2, 0.25) is 0 Å². The van der Waals surface area contributed by atoms with Gasteiger partial charge >= 0.3 is 6.03 Å². The average molecular weight is 786 g/mol. The lowest BCUT2D eigenvalue weighted by molar-refractivity contribution is 0.262. The number of pyridine rings is 2. The third-order valence-electron chi connectivity index (χ3n) is 7.90. The highest BCUT2D eigenvalue weighted by atomic mass is 35.5. The summed E-state index contributed by atoms with van der Waals surface area (Å²) in [7, 11) is 6.29. The number of benzene rings is 4. The van der Waals surface area contributed by atoms with Crippen molar-refractivity contribution in [2.75, 3.05) is 44.8 Å². The summed E-state index contributed by atoms with van der Waals surface area (Å²) in [5, 5.41) is 11.2. The number of amides is 2. The van der Waals surface area contributed by atoms with Gasteiger partial charge in [0.15, 0.2) is 28.8 Å². The molecular weight excluding hydrogens is 751 g/mol. The van der Waals surface area contributed by atoms with E-state index in [0.717, 1.165) is 16.3 Å². The Hall–Kier alpha value is -6.64. The molecule has 0 aliphatic heterocycles. The zero-order valence-electron chi connectivity index (χ0n) is 30.1. The zero-order chi connectivity index (χ0) is 39.1. The van der Waals surface area contributed by atoms with Crippen LogP contribution in [0.3, 0.4) is 0 Å². The number of hydrogen-bond acceptors (Lipinski definition) is 12. The number of anilines is 3. The zero-order valence-corrected chi connectivity index (χ0v) is 31.6. The minimum absolute atomic E-state index is 0.298. The number of nitrogens with two attached hydrogens (primary N) is 1. The molecule has 14 nitrogen and oxygen atoms in total. The molecule has 16 heteroatoms. The van der Waals surface area contributed by atoms with Crippen LogP contribution in [-0.2, 0) is 0 Å². The van der Waals surface area contributed by atoms with Gasteiger partial charge in [-0.15, -0.1) is 0 Å². The number of carbonyl (C=O) groups excluding carboxylic acids is 1. The first-order valence-electron chi connectivity index (χ1n) is 16.3. The fraction of sp³-hybridized carbons (Fsp3) is 0.128. The summed E-state index contributed by atoms with van der Waals surface area (Å²) in [6.45, 7) is 1.73. The fourth-order valence-electron chi connectivity index (χ4n) is 5.25. The smallest absolute Gasteiger partial charge is 0.324 e. The molecule has 0 saturated carbocycles. The van der Waals surface area contributed by atoms with Crippen molar-refractivity contribution in [1.29, 1.82) is 0 Å². The molecule has 282 valence electrons. The highest BCUT2D eigenvalue weighted by Gasteiger charge is 2.15. The number of rotatable bonds is 10.